The third kappa shape index (κ3) is 3.63. The van der Waals surface area contributed by atoms with Crippen molar-refractivity contribution < 1.29 is 14.1 Å². The van der Waals surface area contributed by atoms with E-state index in [0.29, 0.717) is 17.0 Å². The highest BCUT2D eigenvalue weighted by Crippen LogP contribution is 2.31. The number of halogens is 2. The van der Waals surface area contributed by atoms with Crippen molar-refractivity contribution in [1.29, 1.82) is 0 Å². The summed E-state index contributed by atoms with van der Waals surface area (Å²) in [6, 6.07) is 3.11. The molecule has 0 fully saturated rings. The number of anilines is 1. The predicted octanol–water partition coefficient (Wildman–Crippen LogP) is 3.51. The molecule has 0 aliphatic heterocycles. The molecule has 9 heteroatoms. The number of ether oxygens (including phenoxy) is 1. The number of aromatic nitrogens is 2. The Morgan fingerprint density at radius 1 is 1.52 bits per heavy atom. The molecule has 1 aromatic heterocycles. The second-order valence-corrected chi connectivity index (χ2v) is 4.71. The number of non-ortho nitro benzene ring substituents is 1. The van der Waals surface area contributed by atoms with E-state index in [1.165, 1.54) is 12.3 Å². The van der Waals surface area contributed by atoms with E-state index in [9.17, 15) is 14.5 Å². The van der Waals surface area contributed by atoms with Crippen LogP contribution in [0.1, 0.15) is 6.92 Å². The molecule has 0 aliphatic carbocycles. The Labute approximate surface area is 127 Å². The summed E-state index contributed by atoms with van der Waals surface area (Å²) in [6.45, 7) is 2.49. The van der Waals surface area contributed by atoms with E-state index in [2.05, 4.69) is 31.2 Å². The zero-order chi connectivity index (χ0) is 15.4. The molecule has 21 heavy (non-hydrogen) atoms. The Morgan fingerprint density at radius 2 is 2.29 bits per heavy atom. The van der Waals surface area contributed by atoms with Crippen molar-refractivity contribution in [2.24, 2.45) is 0 Å². The fourth-order valence-corrected chi connectivity index (χ4v) is 1.73. The third-order valence-electron chi connectivity index (χ3n) is 2.38. The summed E-state index contributed by atoms with van der Waals surface area (Å²) in [4.78, 5) is 17.9. The second kappa shape index (κ2) is 6.44. The maximum absolute atomic E-state index is 13.8. The Bertz CT molecular complexity index is 684. The monoisotopic (exact) mass is 356 g/mol. The van der Waals surface area contributed by atoms with Crippen LogP contribution < -0.4 is 10.1 Å². The van der Waals surface area contributed by atoms with E-state index in [1.807, 2.05) is 6.92 Å². The largest absolute Gasteiger partial charge is 0.435 e. The molecule has 1 aromatic carbocycles. The lowest BCUT2D eigenvalue weighted by Crippen LogP contribution is -2.03. The van der Waals surface area contributed by atoms with E-state index in [0.717, 1.165) is 12.1 Å². The minimum atomic E-state index is -0.847. The summed E-state index contributed by atoms with van der Waals surface area (Å²) in [5.74, 6) is -0.575. The van der Waals surface area contributed by atoms with Gasteiger partial charge >= 0.3 is 0 Å². The van der Waals surface area contributed by atoms with Crippen LogP contribution in [0, 0.1) is 15.9 Å². The van der Waals surface area contributed by atoms with Crippen LogP contribution >= 0.6 is 15.9 Å². The summed E-state index contributed by atoms with van der Waals surface area (Å²) in [5.41, 5.74) is -0.352. The number of nitrogens with one attached hydrogen (secondary N) is 1. The Morgan fingerprint density at radius 3 is 2.90 bits per heavy atom. The number of nitro groups is 1. The van der Waals surface area contributed by atoms with E-state index in [1.54, 1.807) is 0 Å². The van der Waals surface area contributed by atoms with Crippen LogP contribution in [-0.2, 0) is 0 Å². The normalized spacial score (nSPS) is 10.2. The van der Waals surface area contributed by atoms with Gasteiger partial charge in [0.15, 0.2) is 11.6 Å². The number of hydrogen-bond donors (Lipinski definition) is 1. The van der Waals surface area contributed by atoms with Gasteiger partial charge in [-0.15, -0.1) is 0 Å². The van der Waals surface area contributed by atoms with E-state index in [-0.39, 0.29) is 17.3 Å². The van der Waals surface area contributed by atoms with Crippen molar-refractivity contribution in [2.45, 2.75) is 6.92 Å². The zero-order valence-corrected chi connectivity index (χ0v) is 12.4. The highest BCUT2D eigenvalue weighted by Gasteiger charge is 2.14. The van der Waals surface area contributed by atoms with Crippen molar-refractivity contribution in [2.75, 3.05) is 11.9 Å². The lowest BCUT2D eigenvalue weighted by Gasteiger charge is -2.09. The highest BCUT2D eigenvalue weighted by atomic mass is 79.9. The minimum Gasteiger partial charge on any atom is -0.435 e. The van der Waals surface area contributed by atoms with Crippen LogP contribution in [0.2, 0.25) is 0 Å². The smallest absolute Gasteiger partial charge is 0.272 e. The van der Waals surface area contributed by atoms with Gasteiger partial charge in [0.05, 0.1) is 21.7 Å². The molecule has 110 valence electrons. The predicted molar refractivity (Wildman–Crippen MR) is 77.0 cm³/mol. The maximum atomic E-state index is 13.8. The maximum Gasteiger partial charge on any atom is 0.272 e. The van der Waals surface area contributed by atoms with Crippen molar-refractivity contribution in [3.05, 3.63) is 44.8 Å². The first-order valence-corrected chi connectivity index (χ1v) is 6.68. The van der Waals surface area contributed by atoms with Crippen LogP contribution in [0.15, 0.2) is 28.9 Å². The van der Waals surface area contributed by atoms with Crippen molar-refractivity contribution >= 4 is 27.6 Å². The van der Waals surface area contributed by atoms with Gasteiger partial charge in [0, 0.05) is 12.6 Å². The van der Waals surface area contributed by atoms with Crippen molar-refractivity contribution in [1.82, 2.24) is 9.97 Å². The molecule has 0 saturated carbocycles. The van der Waals surface area contributed by atoms with Gasteiger partial charge in [0.25, 0.3) is 5.69 Å². The van der Waals surface area contributed by atoms with Gasteiger partial charge in [-0.05, 0) is 28.9 Å². The average Bonchev–Trinajstić information content (AvgIpc) is 2.44. The van der Waals surface area contributed by atoms with Gasteiger partial charge in [-0.3, -0.25) is 10.1 Å². The number of rotatable bonds is 5. The Kier molecular flexibility index (Phi) is 4.63. The Balaban J connectivity index is 2.29. The van der Waals surface area contributed by atoms with Crippen LogP contribution in [-0.4, -0.2) is 21.4 Å². The van der Waals surface area contributed by atoms with Gasteiger partial charge in [-0.1, -0.05) is 0 Å². The molecule has 2 rings (SSSR count). The minimum absolute atomic E-state index is 0.105. The lowest BCUT2D eigenvalue weighted by atomic mass is 10.3. The molecule has 0 amide bonds. The molecule has 0 aliphatic rings. The second-order valence-electron chi connectivity index (χ2n) is 3.85. The van der Waals surface area contributed by atoms with E-state index < -0.39 is 10.7 Å². The summed E-state index contributed by atoms with van der Waals surface area (Å²) >= 11 is 3.19. The first-order chi connectivity index (χ1) is 10.0. The molecule has 0 bridgehead atoms. The third-order valence-corrected chi connectivity index (χ3v) is 2.92. The molecular weight excluding hydrogens is 347 g/mol. The molecule has 0 saturated heterocycles. The van der Waals surface area contributed by atoms with Crippen LogP contribution in [0.3, 0.4) is 0 Å². The van der Waals surface area contributed by atoms with Crippen molar-refractivity contribution in [3.63, 3.8) is 0 Å². The van der Waals surface area contributed by atoms with E-state index >= 15 is 0 Å². The van der Waals surface area contributed by atoms with Crippen molar-refractivity contribution in [3.8, 4) is 11.6 Å². The molecule has 0 atom stereocenters. The topological polar surface area (TPSA) is 90.2 Å². The van der Waals surface area contributed by atoms with E-state index in [4.69, 9.17) is 4.74 Å². The Hall–Kier alpha value is -2.29. The summed E-state index contributed by atoms with van der Waals surface area (Å²) < 4.78 is 19.5. The fourth-order valence-electron chi connectivity index (χ4n) is 1.46. The van der Waals surface area contributed by atoms with Gasteiger partial charge in [0.1, 0.15) is 0 Å². The first kappa shape index (κ1) is 15.1. The molecule has 7 nitrogen and oxygen atoms in total. The van der Waals surface area contributed by atoms with Crippen LogP contribution in [0.25, 0.3) is 0 Å². The standard InChI is InChI=1S/C12H10BrFN4O3/c1-2-15-12-16-6-8(13)11(17-12)21-10-4-3-7(18(19)20)5-9(10)14/h3-6H,2H2,1H3,(H,15,16,17). The SMILES string of the molecule is CCNc1ncc(Br)c(Oc2ccc([N+](=O)[O-])cc2F)n1. The zero-order valence-electron chi connectivity index (χ0n) is 10.8. The molecule has 0 spiro atoms. The summed E-state index contributed by atoms with van der Waals surface area (Å²) in [6.07, 6.45) is 1.46. The molecule has 0 radical (unpaired) electrons. The molecule has 2 aromatic rings. The van der Waals surface area contributed by atoms with Gasteiger partial charge in [-0.2, -0.15) is 4.98 Å². The molecular formula is C12H10BrFN4O3. The number of nitrogens with zero attached hydrogens (tertiary/aromatic N) is 3. The summed E-state index contributed by atoms with van der Waals surface area (Å²) in [5, 5.41) is 13.4. The lowest BCUT2D eigenvalue weighted by molar-refractivity contribution is -0.385. The molecule has 1 N–H and O–H groups in total. The quantitative estimate of drug-likeness (QED) is 0.651. The van der Waals surface area contributed by atoms with Crippen LogP contribution in [0.4, 0.5) is 16.0 Å². The summed E-state index contributed by atoms with van der Waals surface area (Å²) in [7, 11) is 0. The highest BCUT2D eigenvalue weighted by molar-refractivity contribution is 9.10. The number of hydrogen-bond acceptors (Lipinski definition) is 6. The first-order valence-electron chi connectivity index (χ1n) is 5.89. The number of benzene rings is 1. The molecule has 0 unspecified atom stereocenters. The molecule has 1 heterocycles. The fraction of sp³-hybridized carbons (Fsp3) is 0.167. The van der Waals surface area contributed by atoms with Crippen LogP contribution in [0.5, 0.6) is 11.6 Å². The van der Waals surface area contributed by atoms with Gasteiger partial charge < -0.3 is 10.1 Å². The average molecular weight is 357 g/mol. The van der Waals surface area contributed by atoms with Gasteiger partial charge in [0.2, 0.25) is 11.8 Å². The van der Waals surface area contributed by atoms with Gasteiger partial charge in [-0.25, -0.2) is 9.37 Å². The number of nitro benzene ring substituents is 1.